The number of thioether (sulfide) groups is 1. The van der Waals surface area contributed by atoms with E-state index in [1.54, 1.807) is 18.9 Å². The molecule has 1 atom stereocenters. The Kier molecular flexibility index (Phi) is 6.23. The number of likely N-dealkylation sites (tertiary alicyclic amines) is 1. The predicted octanol–water partition coefficient (Wildman–Crippen LogP) is 2.68. The highest BCUT2D eigenvalue weighted by molar-refractivity contribution is 7.99. The van der Waals surface area contributed by atoms with Gasteiger partial charge in [-0.05, 0) is 31.2 Å². The van der Waals surface area contributed by atoms with Crippen LogP contribution >= 0.6 is 11.8 Å². The minimum Gasteiger partial charge on any atom is -0.497 e. The Morgan fingerprint density at radius 1 is 1.43 bits per heavy atom. The number of rotatable bonds is 6. The zero-order valence-electron chi connectivity index (χ0n) is 12.7. The fourth-order valence-electron chi connectivity index (χ4n) is 2.55. The molecule has 116 valence electrons. The van der Waals surface area contributed by atoms with Gasteiger partial charge in [-0.1, -0.05) is 6.07 Å². The summed E-state index contributed by atoms with van der Waals surface area (Å²) in [5, 5.41) is 0. The standard InChI is InChI=1S/C16H23NO3S/c1-19-14-6-3-7-15(9-14)20-11-13-5-4-8-17(10-13)16(18)12-21-2/h3,6-7,9,13H,4-5,8,10-12H2,1-2H3. The Morgan fingerprint density at radius 2 is 2.24 bits per heavy atom. The van der Waals surface area contributed by atoms with Crippen LogP contribution in [0.25, 0.3) is 0 Å². The SMILES string of the molecule is COc1cccc(OCC2CCCN(C(=O)CSC)C2)c1. The van der Waals surface area contributed by atoms with E-state index in [1.807, 2.05) is 35.4 Å². The molecule has 2 rings (SSSR count). The zero-order valence-corrected chi connectivity index (χ0v) is 13.5. The van der Waals surface area contributed by atoms with E-state index >= 15 is 0 Å². The van der Waals surface area contributed by atoms with Crippen LogP contribution in [0.15, 0.2) is 24.3 Å². The number of amides is 1. The summed E-state index contributed by atoms with van der Waals surface area (Å²) in [5.41, 5.74) is 0. The summed E-state index contributed by atoms with van der Waals surface area (Å²) >= 11 is 1.58. The van der Waals surface area contributed by atoms with E-state index < -0.39 is 0 Å². The molecule has 4 nitrogen and oxygen atoms in total. The molecule has 1 unspecified atom stereocenters. The molecule has 1 amide bonds. The fourth-order valence-corrected chi connectivity index (χ4v) is 2.98. The third-order valence-electron chi connectivity index (χ3n) is 3.67. The molecule has 0 N–H and O–H groups in total. The maximum Gasteiger partial charge on any atom is 0.232 e. The monoisotopic (exact) mass is 309 g/mol. The van der Waals surface area contributed by atoms with Crippen molar-refractivity contribution in [1.82, 2.24) is 4.90 Å². The Balaban J connectivity index is 1.83. The first-order chi connectivity index (χ1) is 10.2. The maximum atomic E-state index is 11.9. The molecule has 0 bridgehead atoms. The number of hydrogen-bond donors (Lipinski definition) is 0. The van der Waals surface area contributed by atoms with E-state index in [0.29, 0.717) is 18.3 Å². The molecule has 1 saturated heterocycles. The number of methoxy groups -OCH3 is 1. The molecule has 5 heteroatoms. The van der Waals surface area contributed by atoms with Crippen LogP contribution in [0.1, 0.15) is 12.8 Å². The number of benzene rings is 1. The van der Waals surface area contributed by atoms with Gasteiger partial charge >= 0.3 is 0 Å². The molecule has 0 aliphatic carbocycles. The summed E-state index contributed by atoms with van der Waals surface area (Å²) in [6, 6.07) is 7.64. The lowest BCUT2D eigenvalue weighted by atomic mass is 9.99. The van der Waals surface area contributed by atoms with Gasteiger partial charge in [0.1, 0.15) is 11.5 Å². The Hall–Kier alpha value is -1.36. The van der Waals surface area contributed by atoms with E-state index in [1.165, 1.54) is 0 Å². The summed E-state index contributed by atoms with van der Waals surface area (Å²) in [7, 11) is 1.65. The highest BCUT2D eigenvalue weighted by Gasteiger charge is 2.23. The van der Waals surface area contributed by atoms with Crippen LogP contribution in [-0.2, 0) is 4.79 Å². The van der Waals surface area contributed by atoms with E-state index in [9.17, 15) is 4.79 Å². The van der Waals surface area contributed by atoms with Gasteiger partial charge in [0.25, 0.3) is 0 Å². The van der Waals surface area contributed by atoms with Gasteiger partial charge in [-0.15, -0.1) is 0 Å². The van der Waals surface area contributed by atoms with Crippen molar-refractivity contribution in [3.8, 4) is 11.5 Å². The van der Waals surface area contributed by atoms with Crippen molar-refractivity contribution in [2.75, 3.05) is 38.8 Å². The molecule has 1 aromatic rings. The second-order valence-corrected chi connectivity index (χ2v) is 6.14. The van der Waals surface area contributed by atoms with Gasteiger partial charge in [0.15, 0.2) is 0 Å². The lowest BCUT2D eigenvalue weighted by molar-refractivity contribution is -0.130. The number of carbonyl (C=O) groups excluding carboxylic acids is 1. The van der Waals surface area contributed by atoms with Crippen molar-refractivity contribution < 1.29 is 14.3 Å². The molecule has 1 aromatic carbocycles. The van der Waals surface area contributed by atoms with E-state index in [2.05, 4.69) is 0 Å². The van der Waals surface area contributed by atoms with Gasteiger partial charge in [-0.2, -0.15) is 11.8 Å². The second-order valence-electron chi connectivity index (χ2n) is 5.27. The summed E-state index contributed by atoms with van der Waals surface area (Å²) < 4.78 is 11.0. The van der Waals surface area contributed by atoms with Gasteiger partial charge < -0.3 is 14.4 Å². The van der Waals surface area contributed by atoms with E-state index in [0.717, 1.165) is 37.4 Å². The third kappa shape index (κ3) is 4.84. The van der Waals surface area contributed by atoms with Crippen molar-refractivity contribution in [2.45, 2.75) is 12.8 Å². The summed E-state index contributed by atoms with van der Waals surface area (Å²) in [4.78, 5) is 13.9. The summed E-state index contributed by atoms with van der Waals surface area (Å²) in [6.07, 6.45) is 4.14. The number of piperidine rings is 1. The largest absolute Gasteiger partial charge is 0.497 e. The van der Waals surface area contributed by atoms with Gasteiger partial charge in [-0.3, -0.25) is 4.79 Å². The van der Waals surface area contributed by atoms with Crippen LogP contribution in [0.3, 0.4) is 0 Å². The first kappa shape index (κ1) is 16.0. The van der Waals surface area contributed by atoms with Gasteiger partial charge in [0.2, 0.25) is 5.91 Å². The molecular weight excluding hydrogens is 286 g/mol. The molecule has 21 heavy (non-hydrogen) atoms. The molecule has 0 radical (unpaired) electrons. The lowest BCUT2D eigenvalue weighted by Crippen LogP contribution is -2.42. The van der Waals surface area contributed by atoms with Gasteiger partial charge in [0, 0.05) is 25.1 Å². The first-order valence-corrected chi connectivity index (χ1v) is 8.66. The highest BCUT2D eigenvalue weighted by atomic mass is 32.2. The van der Waals surface area contributed by atoms with Crippen molar-refractivity contribution in [3.05, 3.63) is 24.3 Å². The van der Waals surface area contributed by atoms with Crippen LogP contribution in [0, 0.1) is 5.92 Å². The third-order valence-corrected chi connectivity index (χ3v) is 4.20. The van der Waals surface area contributed by atoms with Crippen LogP contribution in [0.2, 0.25) is 0 Å². The average Bonchev–Trinajstić information content (AvgIpc) is 2.53. The molecule has 0 spiro atoms. The van der Waals surface area contributed by atoms with Gasteiger partial charge in [-0.25, -0.2) is 0 Å². The molecule has 1 fully saturated rings. The van der Waals surface area contributed by atoms with Crippen molar-refractivity contribution in [3.63, 3.8) is 0 Å². The molecule has 0 aromatic heterocycles. The second kappa shape index (κ2) is 8.17. The number of carbonyl (C=O) groups is 1. The molecule has 1 heterocycles. The zero-order chi connectivity index (χ0) is 15.1. The number of nitrogens with zero attached hydrogens (tertiary/aromatic N) is 1. The highest BCUT2D eigenvalue weighted by Crippen LogP contribution is 2.22. The molecule has 1 aliphatic heterocycles. The topological polar surface area (TPSA) is 38.8 Å². The smallest absolute Gasteiger partial charge is 0.232 e. The maximum absolute atomic E-state index is 11.9. The Bertz CT molecular complexity index is 467. The van der Waals surface area contributed by atoms with Gasteiger partial charge in [0.05, 0.1) is 19.5 Å². The van der Waals surface area contributed by atoms with Crippen molar-refractivity contribution in [2.24, 2.45) is 5.92 Å². The molecule has 1 aliphatic rings. The summed E-state index contributed by atoms with van der Waals surface area (Å²) in [6.45, 7) is 2.34. The van der Waals surface area contributed by atoms with Crippen molar-refractivity contribution >= 4 is 17.7 Å². The Labute approximate surface area is 130 Å². The molecular formula is C16H23NO3S. The fraction of sp³-hybridized carbons (Fsp3) is 0.562. The van der Waals surface area contributed by atoms with Crippen LogP contribution in [-0.4, -0.2) is 49.6 Å². The predicted molar refractivity (Wildman–Crippen MR) is 86.2 cm³/mol. The lowest BCUT2D eigenvalue weighted by Gasteiger charge is -2.32. The Morgan fingerprint density at radius 3 is 3.00 bits per heavy atom. The minimum absolute atomic E-state index is 0.244. The van der Waals surface area contributed by atoms with E-state index in [-0.39, 0.29) is 5.91 Å². The van der Waals surface area contributed by atoms with Crippen LogP contribution in [0.4, 0.5) is 0 Å². The van der Waals surface area contributed by atoms with E-state index in [4.69, 9.17) is 9.47 Å². The summed E-state index contributed by atoms with van der Waals surface area (Å²) in [5.74, 6) is 2.85. The van der Waals surface area contributed by atoms with Crippen LogP contribution < -0.4 is 9.47 Å². The minimum atomic E-state index is 0.244. The quantitative estimate of drug-likeness (QED) is 0.810. The average molecular weight is 309 g/mol. The number of hydrogen-bond acceptors (Lipinski definition) is 4. The van der Waals surface area contributed by atoms with Crippen LogP contribution in [0.5, 0.6) is 11.5 Å². The normalized spacial score (nSPS) is 18.4. The first-order valence-electron chi connectivity index (χ1n) is 7.26. The number of ether oxygens (including phenoxy) is 2. The molecule has 0 saturated carbocycles. The van der Waals surface area contributed by atoms with Crippen molar-refractivity contribution in [1.29, 1.82) is 0 Å².